The number of fused-ring (bicyclic) bond motifs is 1. The molecule has 4 aromatic carbocycles. The van der Waals surface area contributed by atoms with E-state index in [2.05, 4.69) is 54.6 Å². The van der Waals surface area contributed by atoms with Gasteiger partial charge >= 0.3 is 11.9 Å². The SMILES string of the molecule is COC(=O)C1=C(C(=O)OC)[C@@]2(/C=C/c3ccc4ccc5cccc6ccc3c4c56)CC(C)(C)[C@H](OC)N2O1. The highest BCUT2D eigenvalue weighted by Crippen LogP contribution is 2.56. The van der Waals surface area contributed by atoms with Crippen LogP contribution >= 0.6 is 0 Å². The van der Waals surface area contributed by atoms with Crippen molar-refractivity contribution in [2.75, 3.05) is 21.3 Å². The Morgan fingerprint density at radius 1 is 0.895 bits per heavy atom. The molecule has 1 saturated heterocycles. The van der Waals surface area contributed by atoms with Crippen molar-refractivity contribution in [1.29, 1.82) is 0 Å². The number of ether oxygens (including phenoxy) is 3. The zero-order valence-corrected chi connectivity index (χ0v) is 22.0. The van der Waals surface area contributed by atoms with Gasteiger partial charge in [-0.3, -0.25) is 0 Å². The molecule has 6 rings (SSSR count). The first kappa shape index (κ1) is 24.4. The zero-order chi connectivity index (χ0) is 26.8. The summed E-state index contributed by atoms with van der Waals surface area (Å²) in [5.41, 5.74) is -0.430. The van der Waals surface area contributed by atoms with Crippen molar-refractivity contribution in [2.24, 2.45) is 5.41 Å². The van der Waals surface area contributed by atoms with Gasteiger partial charge in [0.15, 0.2) is 0 Å². The number of carbonyl (C=O) groups excluding carboxylic acids is 2. The summed E-state index contributed by atoms with van der Waals surface area (Å²) in [5.74, 6) is -1.58. The number of hydrogen-bond donors (Lipinski definition) is 0. The number of carbonyl (C=O) groups is 2. The van der Waals surface area contributed by atoms with Gasteiger partial charge in [-0.25, -0.2) is 9.59 Å². The maximum Gasteiger partial charge on any atom is 0.376 e. The van der Waals surface area contributed by atoms with Gasteiger partial charge in [0, 0.05) is 12.5 Å². The number of nitrogens with zero attached hydrogens (tertiary/aromatic N) is 1. The molecule has 7 heteroatoms. The molecule has 7 nitrogen and oxygen atoms in total. The van der Waals surface area contributed by atoms with E-state index in [4.69, 9.17) is 19.0 Å². The number of rotatable bonds is 5. The van der Waals surface area contributed by atoms with E-state index in [1.165, 1.54) is 35.8 Å². The highest BCUT2D eigenvalue weighted by atomic mass is 16.7. The summed E-state index contributed by atoms with van der Waals surface area (Å²) in [7, 11) is 4.13. The summed E-state index contributed by atoms with van der Waals surface area (Å²) in [6, 6.07) is 19.1. The van der Waals surface area contributed by atoms with Crippen LogP contribution in [0.4, 0.5) is 0 Å². The standard InChI is InChI=1S/C31H29NO6/c1-30(2)17-31(25(27(33)35-3)26(28(34)36-4)38-32(31)29(30)37-5)16-15-18-9-10-21-12-11-19-7-6-8-20-13-14-22(18)24(21)23(19)20/h6-16,29H,17H2,1-5H3/b16-15+/t29-,31+/m0/s1. The van der Waals surface area contributed by atoms with Crippen LogP contribution in [0.15, 0.2) is 72.0 Å². The Hall–Kier alpha value is -3.94. The molecule has 1 fully saturated rings. The van der Waals surface area contributed by atoms with E-state index in [0.717, 1.165) is 16.3 Å². The van der Waals surface area contributed by atoms with Gasteiger partial charge in [-0.1, -0.05) is 85.7 Å². The molecule has 2 aliphatic rings. The van der Waals surface area contributed by atoms with E-state index in [9.17, 15) is 9.59 Å². The third-order valence-electron chi connectivity index (χ3n) is 7.93. The molecule has 0 spiro atoms. The van der Waals surface area contributed by atoms with Gasteiger partial charge in [-0.05, 0) is 44.3 Å². The van der Waals surface area contributed by atoms with Crippen LogP contribution in [-0.2, 0) is 28.6 Å². The molecule has 0 bridgehead atoms. The Bertz CT molecular complexity index is 1650. The lowest BCUT2D eigenvalue weighted by Gasteiger charge is -2.31. The molecular weight excluding hydrogens is 482 g/mol. The summed E-state index contributed by atoms with van der Waals surface area (Å²) in [5, 5.41) is 8.66. The number of hydrogen-bond acceptors (Lipinski definition) is 7. The summed E-state index contributed by atoms with van der Waals surface area (Å²) in [6.45, 7) is 4.09. The molecule has 0 unspecified atom stereocenters. The van der Waals surface area contributed by atoms with E-state index in [1.54, 1.807) is 12.2 Å². The lowest BCUT2D eigenvalue weighted by atomic mass is 9.78. The topological polar surface area (TPSA) is 74.3 Å². The van der Waals surface area contributed by atoms with E-state index in [0.29, 0.717) is 6.42 Å². The first-order chi connectivity index (χ1) is 18.3. The molecule has 38 heavy (non-hydrogen) atoms. The maximum atomic E-state index is 13.2. The van der Waals surface area contributed by atoms with Crippen molar-refractivity contribution in [1.82, 2.24) is 5.06 Å². The zero-order valence-electron chi connectivity index (χ0n) is 22.0. The predicted octanol–water partition coefficient (Wildman–Crippen LogP) is 5.59. The number of benzene rings is 4. The Balaban J connectivity index is 1.57. The maximum absolute atomic E-state index is 13.2. The largest absolute Gasteiger partial charge is 0.465 e. The summed E-state index contributed by atoms with van der Waals surface area (Å²) in [6.07, 6.45) is 3.85. The van der Waals surface area contributed by atoms with Crippen molar-refractivity contribution < 1.29 is 28.6 Å². The van der Waals surface area contributed by atoms with Crippen molar-refractivity contribution in [3.8, 4) is 0 Å². The van der Waals surface area contributed by atoms with Gasteiger partial charge in [-0.2, -0.15) is 0 Å². The van der Waals surface area contributed by atoms with Gasteiger partial charge in [0.1, 0.15) is 17.3 Å². The van der Waals surface area contributed by atoms with E-state index >= 15 is 0 Å². The number of hydroxylamine groups is 2. The van der Waals surface area contributed by atoms with Crippen molar-refractivity contribution in [3.05, 3.63) is 77.6 Å². The van der Waals surface area contributed by atoms with Crippen LogP contribution in [0.5, 0.6) is 0 Å². The smallest absolute Gasteiger partial charge is 0.376 e. The second kappa shape index (κ2) is 8.55. The quantitative estimate of drug-likeness (QED) is 0.256. The minimum absolute atomic E-state index is 0.105. The molecule has 4 aromatic rings. The number of esters is 2. The van der Waals surface area contributed by atoms with Crippen LogP contribution in [0.25, 0.3) is 38.4 Å². The van der Waals surface area contributed by atoms with Crippen LogP contribution in [-0.4, -0.2) is 50.1 Å². The average Bonchev–Trinajstić information content (AvgIpc) is 3.34. The first-order valence-electron chi connectivity index (χ1n) is 12.5. The second-order valence-corrected chi connectivity index (χ2v) is 10.6. The third kappa shape index (κ3) is 3.28. The monoisotopic (exact) mass is 511 g/mol. The molecular formula is C31H29NO6. The minimum Gasteiger partial charge on any atom is -0.465 e. The summed E-state index contributed by atoms with van der Waals surface area (Å²) >= 11 is 0. The first-order valence-corrected chi connectivity index (χ1v) is 12.5. The van der Waals surface area contributed by atoms with Crippen molar-refractivity contribution >= 4 is 50.3 Å². The lowest BCUT2D eigenvalue weighted by Crippen LogP contribution is -2.45. The van der Waals surface area contributed by atoms with Crippen LogP contribution < -0.4 is 0 Å². The van der Waals surface area contributed by atoms with Crippen LogP contribution in [0.2, 0.25) is 0 Å². The Labute approximate surface area is 220 Å². The fourth-order valence-electron chi connectivity index (χ4n) is 6.42. The van der Waals surface area contributed by atoms with Gasteiger partial charge in [-0.15, -0.1) is 0 Å². The Kier molecular flexibility index (Phi) is 5.49. The van der Waals surface area contributed by atoms with E-state index < -0.39 is 29.1 Å². The fraction of sp³-hybridized carbons (Fsp3) is 0.290. The molecule has 0 aliphatic carbocycles. The average molecular weight is 512 g/mol. The third-order valence-corrected chi connectivity index (χ3v) is 7.93. The van der Waals surface area contributed by atoms with Crippen molar-refractivity contribution in [3.63, 3.8) is 0 Å². The molecule has 0 radical (unpaired) electrons. The van der Waals surface area contributed by atoms with E-state index in [-0.39, 0.29) is 11.3 Å². The highest BCUT2D eigenvalue weighted by molar-refractivity contribution is 6.24. The molecule has 0 amide bonds. The van der Waals surface area contributed by atoms with E-state index in [1.807, 2.05) is 26.0 Å². The van der Waals surface area contributed by atoms with Gasteiger partial charge in [0.2, 0.25) is 5.76 Å². The molecule has 0 saturated carbocycles. The van der Waals surface area contributed by atoms with Crippen LogP contribution in [0.1, 0.15) is 25.8 Å². The molecule has 2 heterocycles. The van der Waals surface area contributed by atoms with Crippen LogP contribution in [0, 0.1) is 5.41 Å². The minimum atomic E-state index is -1.11. The second-order valence-electron chi connectivity index (χ2n) is 10.6. The normalized spacial score (nSPS) is 23.0. The van der Waals surface area contributed by atoms with Crippen LogP contribution in [0.3, 0.4) is 0 Å². The predicted molar refractivity (Wildman–Crippen MR) is 145 cm³/mol. The lowest BCUT2D eigenvalue weighted by molar-refractivity contribution is -0.231. The highest BCUT2D eigenvalue weighted by Gasteiger charge is 2.65. The Morgan fingerprint density at radius 2 is 1.53 bits per heavy atom. The molecule has 2 aliphatic heterocycles. The molecule has 194 valence electrons. The van der Waals surface area contributed by atoms with Gasteiger partial charge in [0.25, 0.3) is 0 Å². The fourth-order valence-corrected chi connectivity index (χ4v) is 6.42. The molecule has 2 atom stereocenters. The molecule has 0 aromatic heterocycles. The summed E-state index contributed by atoms with van der Waals surface area (Å²) < 4.78 is 15.9. The number of methoxy groups -OCH3 is 3. The van der Waals surface area contributed by atoms with Crippen molar-refractivity contribution in [2.45, 2.75) is 32.0 Å². The van der Waals surface area contributed by atoms with Gasteiger partial charge < -0.3 is 19.0 Å². The Morgan fingerprint density at radius 3 is 2.18 bits per heavy atom. The molecule has 0 N–H and O–H groups in total. The summed E-state index contributed by atoms with van der Waals surface area (Å²) in [4.78, 5) is 31.9. The van der Waals surface area contributed by atoms with Gasteiger partial charge in [0.05, 0.1) is 14.2 Å².